The molecule has 0 aromatic carbocycles. The highest BCUT2D eigenvalue weighted by atomic mass is 16.5. The van der Waals surface area contributed by atoms with Crippen molar-refractivity contribution in [1.29, 1.82) is 0 Å². The van der Waals surface area contributed by atoms with E-state index in [9.17, 15) is 9.59 Å². The Balaban J connectivity index is 0. The number of carbonyl (C=O) groups is 2. The normalized spacial score (nSPS) is 9.82. The molecule has 17 heavy (non-hydrogen) atoms. The molecule has 0 bridgehead atoms. The SMILES string of the molecule is CCC(CC)C(=O)NO.CCC(CC)C(N)=O. The van der Waals surface area contributed by atoms with E-state index in [2.05, 4.69) is 0 Å². The van der Waals surface area contributed by atoms with Gasteiger partial charge in [0.15, 0.2) is 0 Å². The molecular formula is C12H26N2O3. The lowest BCUT2D eigenvalue weighted by Crippen LogP contribution is -2.26. The van der Waals surface area contributed by atoms with Crippen LogP contribution in [0.2, 0.25) is 0 Å². The smallest absolute Gasteiger partial charge is 0.246 e. The minimum atomic E-state index is -0.278. The molecule has 0 aromatic heterocycles. The zero-order valence-electron chi connectivity index (χ0n) is 11.3. The van der Waals surface area contributed by atoms with Gasteiger partial charge in [-0.05, 0) is 25.7 Å². The highest BCUT2D eigenvalue weighted by molar-refractivity contribution is 5.77. The number of hydrogen-bond donors (Lipinski definition) is 3. The zero-order chi connectivity index (χ0) is 13.8. The number of nitrogens with two attached hydrogens (primary N) is 1. The van der Waals surface area contributed by atoms with Crippen LogP contribution in [-0.4, -0.2) is 17.0 Å². The Morgan fingerprint density at radius 1 is 1.00 bits per heavy atom. The first-order valence-corrected chi connectivity index (χ1v) is 6.21. The van der Waals surface area contributed by atoms with Crippen LogP contribution in [0.4, 0.5) is 0 Å². The average molecular weight is 246 g/mol. The van der Waals surface area contributed by atoms with Gasteiger partial charge in [0, 0.05) is 11.8 Å². The zero-order valence-corrected chi connectivity index (χ0v) is 11.3. The lowest BCUT2D eigenvalue weighted by molar-refractivity contribution is -0.133. The van der Waals surface area contributed by atoms with E-state index in [1.807, 2.05) is 27.7 Å². The largest absolute Gasteiger partial charge is 0.369 e. The van der Waals surface area contributed by atoms with E-state index in [4.69, 9.17) is 10.9 Å². The van der Waals surface area contributed by atoms with Crippen LogP contribution in [0.5, 0.6) is 0 Å². The summed E-state index contributed by atoms with van der Waals surface area (Å²) in [5.41, 5.74) is 6.65. The molecule has 0 aliphatic carbocycles. The minimum Gasteiger partial charge on any atom is -0.369 e. The molecule has 0 heterocycles. The molecule has 0 spiro atoms. The van der Waals surface area contributed by atoms with Crippen LogP contribution in [0.3, 0.4) is 0 Å². The first-order chi connectivity index (χ1) is 7.98. The Morgan fingerprint density at radius 2 is 1.35 bits per heavy atom. The van der Waals surface area contributed by atoms with Crippen molar-refractivity contribution in [3.05, 3.63) is 0 Å². The minimum absolute atomic E-state index is 0.0324. The lowest BCUT2D eigenvalue weighted by atomic mass is 10.0. The number of carbonyl (C=O) groups excluding carboxylic acids is 2. The predicted octanol–water partition coefficient (Wildman–Crippen LogP) is 1.84. The van der Waals surface area contributed by atoms with Crippen LogP contribution in [0.15, 0.2) is 0 Å². The Labute approximate surface area is 104 Å². The second kappa shape index (κ2) is 11.4. The van der Waals surface area contributed by atoms with Crippen LogP contribution in [-0.2, 0) is 9.59 Å². The lowest BCUT2D eigenvalue weighted by Gasteiger charge is -2.07. The maximum absolute atomic E-state index is 10.6. The highest BCUT2D eigenvalue weighted by Crippen LogP contribution is 2.05. The van der Waals surface area contributed by atoms with Gasteiger partial charge in [0.1, 0.15) is 0 Å². The third kappa shape index (κ3) is 8.68. The molecule has 0 saturated heterocycles. The summed E-state index contributed by atoms with van der Waals surface area (Å²) in [4.78, 5) is 21.0. The van der Waals surface area contributed by atoms with Gasteiger partial charge in [0.05, 0.1) is 0 Å². The Morgan fingerprint density at radius 3 is 1.41 bits per heavy atom. The molecule has 0 aliphatic heterocycles. The van der Waals surface area contributed by atoms with Crippen molar-refractivity contribution in [1.82, 2.24) is 5.48 Å². The van der Waals surface area contributed by atoms with E-state index in [-0.39, 0.29) is 23.7 Å². The number of amides is 2. The van der Waals surface area contributed by atoms with Gasteiger partial charge in [0.2, 0.25) is 11.8 Å². The van der Waals surface area contributed by atoms with Crippen molar-refractivity contribution < 1.29 is 14.8 Å². The maximum atomic E-state index is 10.6. The van der Waals surface area contributed by atoms with Gasteiger partial charge in [0.25, 0.3) is 0 Å². The molecule has 5 heteroatoms. The van der Waals surface area contributed by atoms with Gasteiger partial charge in [-0.1, -0.05) is 27.7 Å². The topological polar surface area (TPSA) is 92.4 Å². The average Bonchev–Trinajstić information content (AvgIpc) is 2.32. The molecule has 0 aliphatic rings. The van der Waals surface area contributed by atoms with Crippen molar-refractivity contribution >= 4 is 11.8 Å². The Bertz CT molecular complexity index is 212. The predicted molar refractivity (Wildman–Crippen MR) is 67.3 cm³/mol. The van der Waals surface area contributed by atoms with Crippen molar-refractivity contribution in [3.8, 4) is 0 Å². The van der Waals surface area contributed by atoms with Crippen LogP contribution >= 0.6 is 0 Å². The van der Waals surface area contributed by atoms with E-state index < -0.39 is 0 Å². The first kappa shape index (κ1) is 18.3. The van der Waals surface area contributed by atoms with E-state index in [1.54, 1.807) is 5.48 Å². The molecule has 0 rings (SSSR count). The van der Waals surface area contributed by atoms with Crippen molar-refractivity contribution in [2.45, 2.75) is 53.4 Å². The number of rotatable bonds is 6. The second-order valence-electron chi connectivity index (χ2n) is 3.91. The van der Waals surface area contributed by atoms with Gasteiger partial charge >= 0.3 is 0 Å². The molecular weight excluding hydrogens is 220 g/mol. The number of primary amides is 1. The van der Waals surface area contributed by atoms with E-state index in [0.717, 1.165) is 25.7 Å². The summed E-state index contributed by atoms with van der Waals surface area (Å²) >= 11 is 0. The van der Waals surface area contributed by atoms with Crippen molar-refractivity contribution in [3.63, 3.8) is 0 Å². The second-order valence-corrected chi connectivity index (χ2v) is 3.91. The van der Waals surface area contributed by atoms with Gasteiger partial charge in [-0.2, -0.15) is 0 Å². The molecule has 102 valence electrons. The monoisotopic (exact) mass is 246 g/mol. The van der Waals surface area contributed by atoms with Crippen LogP contribution in [0.25, 0.3) is 0 Å². The van der Waals surface area contributed by atoms with Gasteiger partial charge in [-0.25, -0.2) is 5.48 Å². The molecule has 0 atom stereocenters. The van der Waals surface area contributed by atoms with Gasteiger partial charge in [-0.15, -0.1) is 0 Å². The third-order valence-electron chi connectivity index (χ3n) is 2.85. The van der Waals surface area contributed by atoms with Gasteiger partial charge < -0.3 is 5.73 Å². The molecule has 5 nitrogen and oxygen atoms in total. The summed E-state index contributed by atoms with van der Waals surface area (Å²) in [5.74, 6) is -0.389. The number of hydrogen-bond acceptors (Lipinski definition) is 3. The highest BCUT2D eigenvalue weighted by Gasteiger charge is 2.11. The van der Waals surface area contributed by atoms with Crippen LogP contribution in [0.1, 0.15) is 53.4 Å². The molecule has 4 N–H and O–H groups in total. The molecule has 0 fully saturated rings. The summed E-state index contributed by atoms with van der Waals surface area (Å²) in [6.45, 7) is 7.78. The molecule has 0 saturated carbocycles. The summed E-state index contributed by atoms with van der Waals surface area (Å²) in [6.07, 6.45) is 3.30. The molecule has 0 unspecified atom stereocenters. The molecule has 2 amide bonds. The quantitative estimate of drug-likeness (QED) is 0.493. The fourth-order valence-corrected chi connectivity index (χ4v) is 1.44. The van der Waals surface area contributed by atoms with E-state index in [0.29, 0.717) is 0 Å². The van der Waals surface area contributed by atoms with Crippen LogP contribution in [0, 0.1) is 11.8 Å². The fraction of sp³-hybridized carbons (Fsp3) is 0.833. The summed E-state index contributed by atoms with van der Waals surface area (Å²) < 4.78 is 0. The molecule has 0 aromatic rings. The number of nitrogens with one attached hydrogen (secondary N) is 1. The van der Waals surface area contributed by atoms with Crippen LogP contribution < -0.4 is 11.2 Å². The third-order valence-corrected chi connectivity index (χ3v) is 2.85. The Hall–Kier alpha value is -1.10. The fourth-order valence-electron chi connectivity index (χ4n) is 1.44. The maximum Gasteiger partial charge on any atom is 0.246 e. The molecule has 0 radical (unpaired) electrons. The standard InChI is InChI=1S/C6H13NO2.C6H13NO/c1-3-5(4-2)6(8)7-9;1-3-5(4-2)6(7)8/h5,9H,3-4H2,1-2H3,(H,7,8);5H,3-4H2,1-2H3,(H2,7,8). The summed E-state index contributed by atoms with van der Waals surface area (Å²) in [5, 5.41) is 8.17. The van der Waals surface area contributed by atoms with Gasteiger partial charge in [-0.3, -0.25) is 14.8 Å². The first-order valence-electron chi connectivity index (χ1n) is 6.21. The summed E-state index contributed by atoms with van der Waals surface area (Å²) in [7, 11) is 0. The van der Waals surface area contributed by atoms with Crippen molar-refractivity contribution in [2.24, 2.45) is 17.6 Å². The Kier molecular flexibility index (Phi) is 12.2. The van der Waals surface area contributed by atoms with E-state index >= 15 is 0 Å². The summed E-state index contributed by atoms with van der Waals surface area (Å²) in [6, 6.07) is 0. The van der Waals surface area contributed by atoms with E-state index in [1.165, 1.54) is 0 Å². The van der Waals surface area contributed by atoms with Crippen molar-refractivity contribution in [2.75, 3.05) is 0 Å². The number of hydroxylamine groups is 1.